The van der Waals surface area contributed by atoms with Gasteiger partial charge in [-0.15, -0.1) is 0 Å². The van der Waals surface area contributed by atoms with Crippen LogP contribution in [0.2, 0.25) is 0 Å². The predicted molar refractivity (Wildman–Crippen MR) is 59.6 cm³/mol. The zero-order valence-electron chi connectivity index (χ0n) is 7.33. The Morgan fingerprint density at radius 2 is 1.85 bits per heavy atom. The van der Waals surface area contributed by atoms with Gasteiger partial charge in [0.1, 0.15) is 0 Å². The highest BCUT2D eigenvalue weighted by atomic mass is 35.5. The second-order valence-corrected chi connectivity index (χ2v) is 3.00. The fourth-order valence-corrected chi connectivity index (χ4v) is 1.18. The van der Waals surface area contributed by atoms with E-state index < -0.39 is 0 Å². The second-order valence-electron chi connectivity index (χ2n) is 2.59. The van der Waals surface area contributed by atoms with Gasteiger partial charge < -0.3 is 0 Å². The number of benzene rings is 1. The first kappa shape index (κ1) is 9.82. The molecule has 0 aliphatic heterocycles. The maximum absolute atomic E-state index is 5.96. The molecule has 0 aliphatic carbocycles. The van der Waals surface area contributed by atoms with Gasteiger partial charge in [0.15, 0.2) is 0 Å². The molecule has 1 rings (SSSR count). The molecule has 0 saturated carbocycles. The summed E-state index contributed by atoms with van der Waals surface area (Å²) in [6, 6.07) is 9.82. The molecule has 0 saturated heterocycles. The van der Waals surface area contributed by atoms with E-state index in [-0.39, 0.29) is 0 Å². The first-order valence-corrected chi connectivity index (χ1v) is 4.36. The van der Waals surface area contributed by atoms with Gasteiger partial charge in [0.05, 0.1) is 0 Å². The van der Waals surface area contributed by atoms with E-state index in [9.17, 15) is 0 Å². The van der Waals surface area contributed by atoms with Crippen LogP contribution in [0.5, 0.6) is 0 Å². The van der Waals surface area contributed by atoms with E-state index in [2.05, 4.69) is 13.2 Å². The fraction of sp³-hybridized carbons (Fsp3) is 0. The Morgan fingerprint density at radius 1 is 1.23 bits per heavy atom. The van der Waals surface area contributed by atoms with E-state index in [1.165, 1.54) is 0 Å². The Balaban J connectivity index is 2.92. The molecule has 0 aromatic heterocycles. The largest absolute Gasteiger partial charge is 0.0990 e. The van der Waals surface area contributed by atoms with Crippen LogP contribution >= 0.6 is 11.6 Å². The van der Waals surface area contributed by atoms with Gasteiger partial charge >= 0.3 is 0 Å². The molecule has 0 heterocycles. The fourth-order valence-electron chi connectivity index (χ4n) is 0.981. The highest BCUT2D eigenvalue weighted by Crippen LogP contribution is 2.23. The lowest BCUT2D eigenvalue weighted by Crippen LogP contribution is -1.81. The van der Waals surface area contributed by atoms with Crippen molar-refractivity contribution in [1.82, 2.24) is 0 Å². The van der Waals surface area contributed by atoms with Gasteiger partial charge in [-0.25, -0.2) is 0 Å². The van der Waals surface area contributed by atoms with Crippen molar-refractivity contribution in [3.63, 3.8) is 0 Å². The molecule has 0 unspecified atom stereocenters. The van der Waals surface area contributed by atoms with Crippen molar-refractivity contribution in [2.45, 2.75) is 0 Å². The van der Waals surface area contributed by atoms with Crippen LogP contribution in [0.15, 0.2) is 60.7 Å². The van der Waals surface area contributed by atoms with Crippen LogP contribution in [-0.4, -0.2) is 0 Å². The summed E-state index contributed by atoms with van der Waals surface area (Å²) in [6.45, 7) is 7.47. The molecule has 13 heavy (non-hydrogen) atoms. The molecular weight excluding hydrogens is 180 g/mol. The molecule has 0 spiro atoms. The summed E-state index contributed by atoms with van der Waals surface area (Å²) in [4.78, 5) is 0. The summed E-state index contributed by atoms with van der Waals surface area (Å²) < 4.78 is 0. The van der Waals surface area contributed by atoms with Crippen molar-refractivity contribution >= 4 is 17.2 Å². The summed E-state index contributed by atoms with van der Waals surface area (Å²) in [6.07, 6.45) is 3.38. The number of hydrogen-bond acceptors (Lipinski definition) is 0. The van der Waals surface area contributed by atoms with Crippen molar-refractivity contribution in [3.05, 3.63) is 66.2 Å². The van der Waals surface area contributed by atoms with Gasteiger partial charge in [-0.2, -0.15) is 0 Å². The molecule has 1 aromatic rings. The Hall–Kier alpha value is -1.27. The third-order valence-corrected chi connectivity index (χ3v) is 2.03. The first-order chi connectivity index (χ1) is 6.25. The molecule has 0 amide bonds. The lowest BCUT2D eigenvalue weighted by Gasteiger charge is -2.02. The highest BCUT2D eigenvalue weighted by Gasteiger charge is 2.00. The monoisotopic (exact) mass is 190 g/mol. The molecular formula is C12H11Cl. The van der Waals surface area contributed by atoms with Gasteiger partial charge in [-0.05, 0) is 17.2 Å². The van der Waals surface area contributed by atoms with Crippen LogP contribution < -0.4 is 0 Å². The number of allylic oxidation sites excluding steroid dienone is 4. The molecule has 1 heteroatoms. The van der Waals surface area contributed by atoms with E-state index in [0.29, 0.717) is 5.03 Å². The average molecular weight is 191 g/mol. The van der Waals surface area contributed by atoms with E-state index in [1.807, 2.05) is 30.3 Å². The van der Waals surface area contributed by atoms with Crippen LogP contribution in [-0.2, 0) is 0 Å². The van der Waals surface area contributed by atoms with Gasteiger partial charge in [0.2, 0.25) is 0 Å². The molecule has 0 N–H and O–H groups in total. The normalized spacial score (nSPS) is 11.0. The summed E-state index contributed by atoms with van der Waals surface area (Å²) in [5.74, 6) is 0. The maximum atomic E-state index is 5.96. The Kier molecular flexibility index (Phi) is 3.53. The van der Waals surface area contributed by atoms with Crippen molar-refractivity contribution < 1.29 is 0 Å². The van der Waals surface area contributed by atoms with Gasteiger partial charge in [0, 0.05) is 5.03 Å². The second kappa shape index (κ2) is 4.68. The van der Waals surface area contributed by atoms with Gasteiger partial charge in [-0.1, -0.05) is 61.2 Å². The lowest BCUT2D eigenvalue weighted by molar-refractivity contribution is 1.62. The third-order valence-electron chi connectivity index (χ3n) is 1.67. The van der Waals surface area contributed by atoms with Crippen LogP contribution in [0.1, 0.15) is 5.56 Å². The van der Waals surface area contributed by atoms with Crippen LogP contribution in [0.25, 0.3) is 5.57 Å². The summed E-state index contributed by atoms with van der Waals surface area (Å²) in [5.41, 5.74) is 1.85. The highest BCUT2D eigenvalue weighted by molar-refractivity contribution is 6.36. The Labute approximate surface area is 83.9 Å². The zero-order chi connectivity index (χ0) is 9.68. The molecule has 0 radical (unpaired) electrons. The first-order valence-electron chi connectivity index (χ1n) is 3.98. The third kappa shape index (κ3) is 2.60. The van der Waals surface area contributed by atoms with Crippen LogP contribution in [0, 0.1) is 0 Å². The maximum Gasteiger partial charge on any atom is 0.0478 e. The van der Waals surface area contributed by atoms with Gasteiger partial charge in [-0.3, -0.25) is 0 Å². The standard InChI is InChI=1S/C12H11Cl/c1-3-7-12(13)10(2)11-8-5-4-6-9-11/h3-9H,1-2H2/b12-7+. The molecule has 0 fully saturated rings. The minimum atomic E-state index is 0.626. The van der Waals surface area contributed by atoms with Crippen LogP contribution in [0.3, 0.4) is 0 Å². The van der Waals surface area contributed by atoms with E-state index in [4.69, 9.17) is 11.6 Å². The summed E-state index contributed by atoms with van der Waals surface area (Å²) in [7, 11) is 0. The zero-order valence-corrected chi connectivity index (χ0v) is 8.09. The van der Waals surface area contributed by atoms with Crippen LogP contribution in [0.4, 0.5) is 0 Å². The lowest BCUT2D eigenvalue weighted by atomic mass is 10.1. The molecule has 1 aromatic carbocycles. The number of hydrogen-bond donors (Lipinski definition) is 0. The minimum absolute atomic E-state index is 0.626. The Bertz CT molecular complexity index is 333. The molecule has 0 aliphatic rings. The smallest absolute Gasteiger partial charge is 0.0478 e. The Morgan fingerprint density at radius 3 is 2.38 bits per heavy atom. The topological polar surface area (TPSA) is 0 Å². The van der Waals surface area contributed by atoms with Crippen molar-refractivity contribution in [2.24, 2.45) is 0 Å². The molecule has 0 atom stereocenters. The van der Waals surface area contributed by atoms with Crippen molar-refractivity contribution in [3.8, 4) is 0 Å². The van der Waals surface area contributed by atoms with Gasteiger partial charge in [0.25, 0.3) is 0 Å². The average Bonchev–Trinajstić information content (AvgIpc) is 2.18. The summed E-state index contributed by atoms with van der Waals surface area (Å²) >= 11 is 5.96. The summed E-state index contributed by atoms with van der Waals surface area (Å²) in [5, 5.41) is 0.626. The van der Waals surface area contributed by atoms with Crippen molar-refractivity contribution in [2.75, 3.05) is 0 Å². The van der Waals surface area contributed by atoms with E-state index >= 15 is 0 Å². The SMILES string of the molecule is C=C/C=C(/Cl)C(=C)c1ccccc1. The quantitative estimate of drug-likeness (QED) is 0.632. The molecule has 0 bridgehead atoms. The molecule has 66 valence electrons. The number of halogens is 1. The molecule has 0 nitrogen and oxygen atoms in total. The van der Waals surface area contributed by atoms with E-state index in [1.54, 1.807) is 12.2 Å². The minimum Gasteiger partial charge on any atom is -0.0990 e. The van der Waals surface area contributed by atoms with E-state index in [0.717, 1.165) is 11.1 Å². The van der Waals surface area contributed by atoms with Crippen molar-refractivity contribution in [1.29, 1.82) is 0 Å². The number of rotatable bonds is 3. The predicted octanol–water partition coefficient (Wildman–Crippen LogP) is 4.01.